The van der Waals surface area contributed by atoms with E-state index in [-0.39, 0.29) is 0 Å². The number of nitrogens with zero attached hydrogens (tertiary/aromatic N) is 1. The van der Waals surface area contributed by atoms with E-state index >= 15 is 0 Å². The Bertz CT molecular complexity index is 548. The Morgan fingerprint density at radius 1 is 1.25 bits per heavy atom. The molecule has 1 aliphatic heterocycles. The van der Waals surface area contributed by atoms with Gasteiger partial charge in [0.1, 0.15) is 5.82 Å². The van der Waals surface area contributed by atoms with Crippen LogP contribution >= 0.6 is 0 Å². The summed E-state index contributed by atoms with van der Waals surface area (Å²) in [5, 5.41) is 3.51. The van der Waals surface area contributed by atoms with Crippen LogP contribution in [0.4, 0.5) is 0 Å². The van der Waals surface area contributed by atoms with Gasteiger partial charge in [0.2, 0.25) is 0 Å². The van der Waals surface area contributed by atoms with Crippen molar-refractivity contribution in [1.82, 2.24) is 15.3 Å². The third-order valence-electron chi connectivity index (χ3n) is 4.12. The van der Waals surface area contributed by atoms with E-state index in [0.29, 0.717) is 12.0 Å². The highest BCUT2D eigenvalue weighted by molar-refractivity contribution is 5.59. The Morgan fingerprint density at radius 3 is 2.70 bits per heavy atom. The first kappa shape index (κ1) is 13.4. The second kappa shape index (κ2) is 5.80. The number of hydrogen-bond donors (Lipinski definition) is 2. The van der Waals surface area contributed by atoms with Crippen LogP contribution < -0.4 is 5.32 Å². The Balaban J connectivity index is 1.72. The van der Waals surface area contributed by atoms with Gasteiger partial charge in [0.05, 0.1) is 11.9 Å². The van der Waals surface area contributed by atoms with Crippen LogP contribution in [0.1, 0.15) is 44.0 Å². The minimum atomic E-state index is 0.579. The van der Waals surface area contributed by atoms with Crippen LogP contribution in [-0.2, 0) is 6.42 Å². The average molecular weight is 269 g/mol. The summed E-state index contributed by atoms with van der Waals surface area (Å²) < 4.78 is 0. The third-order valence-corrected chi connectivity index (χ3v) is 4.12. The monoisotopic (exact) mass is 269 g/mol. The molecule has 0 spiro atoms. The molecule has 1 atom stereocenters. The van der Waals surface area contributed by atoms with Crippen molar-refractivity contribution in [2.24, 2.45) is 0 Å². The maximum Gasteiger partial charge on any atom is 0.108 e. The third kappa shape index (κ3) is 2.93. The molecule has 0 saturated carbocycles. The zero-order chi connectivity index (χ0) is 13.9. The van der Waals surface area contributed by atoms with Crippen LogP contribution in [0.5, 0.6) is 0 Å². The first-order valence-corrected chi connectivity index (χ1v) is 7.60. The molecule has 0 bridgehead atoms. The molecule has 0 radical (unpaired) electrons. The Morgan fingerprint density at radius 2 is 2.05 bits per heavy atom. The van der Waals surface area contributed by atoms with Crippen LogP contribution in [-0.4, -0.2) is 22.6 Å². The van der Waals surface area contributed by atoms with Crippen LogP contribution in [0.2, 0.25) is 0 Å². The smallest absolute Gasteiger partial charge is 0.108 e. The standard InChI is InChI=1S/C17H23N3/c1-12(2)13-5-7-14(8-6-13)16-11-19-17(20-16)10-15-4-3-9-18-15/h5-8,11-12,15,18H,3-4,9-10H2,1-2H3,(H,19,20). The molecule has 1 aliphatic rings. The van der Waals surface area contributed by atoms with Crippen LogP contribution in [0.3, 0.4) is 0 Å². The van der Waals surface area contributed by atoms with Gasteiger partial charge in [-0.3, -0.25) is 0 Å². The summed E-state index contributed by atoms with van der Waals surface area (Å²) in [7, 11) is 0. The Labute approximate surface area is 120 Å². The topological polar surface area (TPSA) is 40.7 Å². The fourth-order valence-electron chi connectivity index (χ4n) is 2.82. The Hall–Kier alpha value is -1.61. The lowest BCUT2D eigenvalue weighted by molar-refractivity contribution is 0.589. The van der Waals surface area contributed by atoms with E-state index in [0.717, 1.165) is 24.5 Å². The minimum absolute atomic E-state index is 0.579. The summed E-state index contributed by atoms with van der Waals surface area (Å²) in [6.45, 7) is 5.59. The van der Waals surface area contributed by atoms with Crippen LogP contribution in [0, 0.1) is 0 Å². The lowest BCUT2D eigenvalue weighted by atomic mass is 10.0. The van der Waals surface area contributed by atoms with Crippen LogP contribution in [0.25, 0.3) is 11.3 Å². The fourth-order valence-corrected chi connectivity index (χ4v) is 2.82. The van der Waals surface area contributed by atoms with E-state index in [1.54, 1.807) is 0 Å². The molecular weight excluding hydrogens is 246 g/mol. The summed E-state index contributed by atoms with van der Waals surface area (Å²) >= 11 is 0. The molecule has 1 unspecified atom stereocenters. The van der Waals surface area contributed by atoms with Crippen molar-refractivity contribution >= 4 is 0 Å². The number of nitrogens with one attached hydrogen (secondary N) is 2. The van der Waals surface area contributed by atoms with Gasteiger partial charge >= 0.3 is 0 Å². The Kier molecular flexibility index (Phi) is 3.88. The molecule has 0 aliphatic carbocycles. The molecule has 1 fully saturated rings. The largest absolute Gasteiger partial charge is 0.342 e. The SMILES string of the molecule is CC(C)c1ccc(-c2cnc(CC3CCCN3)[nH]2)cc1. The maximum absolute atomic E-state index is 4.52. The van der Waals surface area contributed by atoms with Crippen molar-refractivity contribution in [2.75, 3.05) is 6.54 Å². The highest BCUT2D eigenvalue weighted by atomic mass is 15.0. The molecule has 1 saturated heterocycles. The van der Waals surface area contributed by atoms with E-state index < -0.39 is 0 Å². The average Bonchev–Trinajstić information content (AvgIpc) is 3.11. The van der Waals surface area contributed by atoms with Gasteiger partial charge in [-0.15, -0.1) is 0 Å². The predicted octanol–water partition coefficient (Wildman–Crippen LogP) is 3.49. The minimum Gasteiger partial charge on any atom is -0.342 e. The summed E-state index contributed by atoms with van der Waals surface area (Å²) in [5.41, 5.74) is 3.71. The van der Waals surface area contributed by atoms with Gasteiger partial charge in [-0.05, 0) is 36.4 Å². The van der Waals surface area contributed by atoms with Gasteiger partial charge in [-0.1, -0.05) is 38.1 Å². The zero-order valence-corrected chi connectivity index (χ0v) is 12.3. The number of rotatable bonds is 4. The maximum atomic E-state index is 4.52. The summed E-state index contributed by atoms with van der Waals surface area (Å²) in [5.74, 6) is 1.67. The van der Waals surface area contributed by atoms with Crippen molar-refractivity contribution in [1.29, 1.82) is 0 Å². The molecule has 0 amide bonds. The molecule has 3 heteroatoms. The zero-order valence-electron chi connectivity index (χ0n) is 12.3. The van der Waals surface area contributed by atoms with E-state index in [1.165, 1.54) is 24.0 Å². The molecule has 1 aromatic heterocycles. The number of aromatic amines is 1. The van der Waals surface area contributed by atoms with Crippen molar-refractivity contribution in [3.8, 4) is 11.3 Å². The molecule has 106 valence electrons. The summed E-state index contributed by atoms with van der Waals surface area (Å²) in [4.78, 5) is 7.97. The quantitative estimate of drug-likeness (QED) is 0.892. The first-order valence-electron chi connectivity index (χ1n) is 7.60. The number of imidazole rings is 1. The van der Waals surface area contributed by atoms with Gasteiger partial charge < -0.3 is 10.3 Å². The van der Waals surface area contributed by atoms with Crippen molar-refractivity contribution < 1.29 is 0 Å². The fraction of sp³-hybridized carbons (Fsp3) is 0.471. The second-order valence-corrected chi connectivity index (χ2v) is 6.02. The van der Waals surface area contributed by atoms with Crippen molar-refractivity contribution in [3.05, 3.63) is 41.9 Å². The summed E-state index contributed by atoms with van der Waals surface area (Å²) in [6.07, 6.45) is 5.51. The number of H-pyrrole nitrogens is 1. The molecule has 1 aromatic carbocycles. The predicted molar refractivity (Wildman–Crippen MR) is 82.8 cm³/mol. The van der Waals surface area contributed by atoms with Crippen molar-refractivity contribution in [3.63, 3.8) is 0 Å². The molecule has 2 heterocycles. The molecule has 20 heavy (non-hydrogen) atoms. The first-order chi connectivity index (χ1) is 9.72. The van der Waals surface area contributed by atoms with Gasteiger partial charge in [0, 0.05) is 12.5 Å². The van der Waals surface area contributed by atoms with E-state index in [2.05, 4.69) is 53.4 Å². The van der Waals surface area contributed by atoms with E-state index in [9.17, 15) is 0 Å². The number of benzene rings is 1. The summed E-state index contributed by atoms with van der Waals surface area (Å²) in [6, 6.07) is 9.37. The van der Waals surface area contributed by atoms with Crippen molar-refractivity contribution in [2.45, 2.75) is 45.1 Å². The van der Waals surface area contributed by atoms with Gasteiger partial charge in [0.25, 0.3) is 0 Å². The second-order valence-electron chi connectivity index (χ2n) is 6.02. The molecule has 3 rings (SSSR count). The van der Waals surface area contributed by atoms with E-state index in [4.69, 9.17) is 0 Å². The molecule has 3 nitrogen and oxygen atoms in total. The van der Waals surface area contributed by atoms with E-state index in [1.807, 2.05) is 6.20 Å². The highest BCUT2D eigenvalue weighted by Crippen LogP contribution is 2.22. The highest BCUT2D eigenvalue weighted by Gasteiger charge is 2.16. The lowest BCUT2D eigenvalue weighted by Crippen LogP contribution is -2.24. The molecule has 2 N–H and O–H groups in total. The molecule has 2 aromatic rings. The van der Waals surface area contributed by atoms with Gasteiger partial charge in [-0.25, -0.2) is 4.98 Å². The molecular formula is C17H23N3. The normalized spacial score (nSPS) is 18.9. The number of aromatic nitrogens is 2. The van der Waals surface area contributed by atoms with Gasteiger partial charge in [0.15, 0.2) is 0 Å². The number of hydrogen-bond acceptors (Lipinski definition) is 2. The lowest BCUT2D eigenvalue weighted by Gasteiger charge is -2.07. The van der Waals surface area contributed by atoms with Gasteiger partial charge in [-0.2, -0.15) is 0 Å². The van der Waals surface area contributed by atoms with Crippen LogP contribution in [0.15, 0.2) is 30.5 Å².